The van der Waals surface area contributed by atoms with E-state index in [0.717, 1.165) is 45.2 Å². The van der Waals surface area contributed by atoms with Crippen LogP contribution in [-0.4, -0.2) is 37.6 Å². The molecule has 3 rings (SSSR count). The van der Waals surface area contributed by atoms with Gasteiger partial charge in [-0.3, -0.25) is 10.1 Å². The second-order valence-corrected chi connectivity index (χ2v) is 7.56. The molecule has 1 aromatic rings. The van der Waals surface area contributed by atoms with Crippen LogP contribution in [0, 0.1) is 5.92 Å². The summed E-state index contributed by atoms with van der Waals surface area (Å²) in [5.41, 5.74) is 1.40. The van der Waals surface area contributed by atoms with Crippen molar-refractivity contribution in [1.29, 1.82) is 0 Å². The van der Waals surface area contributed by atoms with Crippen molar-refractivity contribution in [2.75, 3.05) is 19.6 Å². The van der Waals surface area contributed by atoms with Crippen molar-refractivity contribution < 1.29 is 14.5 Å². The molecule has 0 bridgehead atoms. The van der Waals surface area contributed by atoms with E-state index in [2.05, 4.69) is 41.0 Å². The number of rotatable bonds is 5. The van der Waals surface area contributed by atoms with Crippen LogP contribution in [0.4, 0.5) is 4.79 Å². The van der Waals surface area contributed by atoms with Crippen molar-refractivity contribution >= 4 is 11.9 Å². The van der Waals surface area contributed by atoms with Crippen molar-refractivity contribution in [1.82, 2.24) is 10.6 Å². The van der Waals surface area contributed by atoms with Gasteiger partial charge in [-0.15, -0.1) is 0 Å². The molecule has 0 aromatic heterocycles. The summed E-state index contributed by atoms with van der Waals surface area (Å²) in [7, 11) is 0. The van der Waals surface area contributed by atoms with Crippen LogP contribution >= 0.6 is 0 Å². The molecule has 1 saturated carbocycles. The third-order valence-corrected chi connectivity index (χ3v) is 5.53. The van der Waals surface area contributed by atoms with E-state index in [0.29, 0.717) is 12.5 Å². The van der Waals surface area contributed by atoms with Crippen molar-refractivity contribution in [3.05, 3.63) is 35.9 Å². The minimum atomic E-state index is -0.324. The lowest BCUT2D eigenvalue weighted by molar-refractivity contribution is -0.898. The Morgan fingerprint density at radius 3 is 2.36 bits per heavy atom. The van der Waals surface area contributed by atoms with Gasteiger partial charge in [0.1, 0.15) is 0 Å². The molecule has 3 amide bonds. The molecule has 5 heteroatoms. The Bertz CT molecular complexity index is 562. The monoisotopic (exact) mass is 344 g/mol. The van der Waals surface area contributed by atoms with Crippen LogP contribution in [-0.2, 0) is 11.2 Å². The molecule has 1 aliphatic carbocycles. The summed E-state index contributed by atoms with van der Waals surface area (Å²) in [5, 5.41) is 5.40. The van der Waals surface area contributed by atoms with Gasteiger partial charge in [0.2, 0.25) is 0 Å². The van der Waals surface area contributed by atoms with Crippen LogP contribution in [0.1, 0.15) is 44.1 Å². The first-order valence-corrected chi connectivity index (χ1v) is 9.67. The van der Waals surface area contributed by atoms with Gasteiger partial charge in [0.05, 0.1) is 13.1 Å². The van der Waals surface area contributed by atoms with Gasteiger partial charge in [0.15, 0.2) is 6.54 Å². The molecule has 136 valence electrons. The number of urea groups is 1. The highest BCUT2D eigenvalue weighted by Gasteiger charge is 2.25. The van der Waals surface area contributed by atoms with Gasteiger partial charge in [0, 0.05) is 6.04 Å². The number of benzene rings is 1. The predicted octanol–water partition coefficient (Wildman–Crippen LogP) is 1.29. The average Bonchev–Trinajstić information content (AvgIpc) is 3.10. The summed E-state index contributed by atoms with van der Waals surface area (Å²) < 4.78 is 0. The molecule has 0 unspecified atom stereocenters. The standard InChI is InChI=1S/C20H29N3O2/c24-19(22-20(25)21-18-8-4-5-9-18)15-23-12-10-17(11-13-23)14-16-6-2-1-3-7-16/h1-3,6-7,17-18H,4-5,8-15H2,(H2,21,22,24,25)/p+1. The SMILES string of the molecule is O=C(C[NH+]1CCC(Cc2ccccc2)CC1)NC(=O)NC1CCCC1. The van der Waals surface area contributed by atoms with E-state index in [1.807, 2.05) is 0 Å². The second-order valence-electron chi connectivity index (χ2n) is 7.56. The minimum Gasteiger partial charge on any atom is -0.335 e. The van der Waals surface area contributed by atoms with Crippen molar-refractivity contribution in [2.45, 2.75) is 51.0 Å². The fourth-order valence-electron chi connectivity index (χ4n) is 4.10. The van der Waals surface area contributed by atoms with Gasteiger partial charge >= 0.3 is 6.03 Å². The van der Waals surface area contributed by atoms with Crippen LogP contribution < -0.4 is 15.5 Å². The largest absolute Gasteiger partial charge is 0.335 e. The van der Waals surface area contributed by atoms with Crippen LogP contribution in [0.15, 0.2) is 30.3 Å². The Labute approximate surface area is 150 Å². The summed E-state index contributed by atoms with van der Waals surface area (Å²) >= 11 is 0. The molecule has 1 heterocycles. The summed E-state index contributed by atoms with van der Waals surface area (Å²) in [4.78, 5) is 25.2. The van der Waals surface area contributed by atoms with Gasteiger partial charge in [-0.1, -0.05) is 43.2 Å². The first kappa shape index (κ1) is 17.9. The molecule has 2 fully saturated rings. The number of quaternary nitrogens is 1. The van der Waals surface area contributed by atoms with Crippen molar-refractivity contribution in [3.8, 4) is 0 Å². The zero-order valence-corrected chi connectivity index (χ0v) is 14.9. The Balaban J connectivity index is 1.34. The number of hydrogen-bond donors (Lipinski definition) is 3. The molecule has 1 aromatic carbocycles. The molecule has 2 aliphatic rings. The maximum Gasteiger partial charge on any atom is 0.321 e. The molecule has 5 nitrogen and oxygen atoms in total. The van der Waals surface area contributed by atoms with Crippen molar-refractivity contribution in [3.63, 3.8) is 0 Å². The van der Waals surface area contributed by atoms with Crippen LogP contribution in [0.5, 0.6) is 0 Å². The van der Waals surface area contributed by atoms with Crippen LogP contribution in [0.25, 0.3) is 0 Å². The molecular weight excluding hydrogens is 314 g/mol. The fraction of sp³-hybridized carbons (Fsp3) is 0.600. The second kappa shape index (κ2) is 8.99. The maximum absolute atomic E-state index is 12.1. The number of amides is 3. The first-order chi connectivity index (χ1) is 12.2. The van der Waals surface area contributed by atoms with Crippen LogP contribution in [0.2, 0.25) is 0 Å². The molecule has 0 spiro atoms. The highest BCUT2D eigenvalue weighted by atomic mass is 16.2. The fourth-order valence-corrected chi connectivity index (χ4v) is 4.10. The molecule has 0 atom stereocenters. The van der Waals surface area contributed by atoms with E-state index in [1.165, 1.54) is 23.3 Å². The summed E-state index contributed by atoms with van der Waals surface area (Å²) in [6, 6.07) is 10.5. The average molecular weight is 344 g/mol. The number of nitrogens with one attached hydrogen (secondary N) is 3. The Morgan fingerprint density at radius 2 is 1.68 bits per heavy atom. The van der Waals surface area contributed by atoms with E-state index < -0.39 is 0 Å². The van der Waals surface area contributed by atoms with Gasteiger partial charge < -0.3 is 10.2 Å². The van der Waals surface area contributed by atoms with E-state index in [-0.39, 0.29) is 18.0 Å². The lowest BCUT2D eigenvalue weighted by Crippen LogP contribution is -3.14. The lowest BCUT2D eigenvalue weighted by Gasteiger charge is -2.28. The zero-order chi connectivity index (χ0) is 17.5. The normalized spacial score (nSPS) is 24.0. The maximum atomic E-state index is 12.1. The topological polar surface area (TPSA) is 62.6 Å². The van der Waals surface area contributed by atoms with Gasteiger partial charge in [-0.05, 0) is 43.6 Å². The minimum absolute atomic E-state index is 0.160. The van der Waals surface area contributed by atoms with E-state index in [4.69, 9.17) is 0 Å². The number of hydrogen-bond acceptors (Lipinski definition) is 2. The number of piperidine rings is 1. The Morgan fingerprint density at radius 1 is 1.00 bits per heavy atom. The molecule has 0 radical (unpaired) electrons. The summed E-state index contributed by atoms with van der Waals surface area (Å²) in [6.07, 6.45) is 7.81. The predicted molar refractivity (Wildman–Crippen MR) is 97.4 cm³/mol. The van der Waals surface area contributed by atoms with E-state index in [9.17, 15) is 9.59 Å². The molecule has 25 heavy (non-hydrogen) atoms. The zero-order valence-electron chi connectivity index (χ0n) is 14.9. The molecule has 3 N–H and O–H groups in total. The van der Waals surface area contributed by atoms with Gasteiger partial charge in [0.25, 0.3) is 5.91 Å². The highest BCUT2D eigenvalue weighted by molar-refractivity contribution is 5.94. The molecule has 1 aliphatic heterocycles. The highest BCUT2D eigenvalue weighted by Crippen LogP contribution is 2.17. The van der Waals surface area contributed by atoms with Gasteiger partial charge in [-0.2, -0.15) is 0 Å². The van der Waals surface area contributed by atoms with Gasteiger partial charge in [-0.25, -0.2) is 4.79 Å². The van der Waals surface area contributed by atoms with E-state index in [1.54, 1.807) is 0 Å². The lowest BCUT2D eigenvalue weighted by atomic mass is 9.90. The number of carbonyl (C=O) groups is 2. The third kappa shape index (κ3) is 5.85. The van der Waals surface area contributed by atoms with Crippen molar-refractivity contribution in [2.24, 2.45) is 5.92 Å². The number of carbonyl (C=O) groups excluding carboxylic acids is 2. The van der Waals surface area contributed by atoms with E-state index >= 15 is 0 Å². The van der Waals surface area contributed by atoms with Crippen LogP contribution in [0.3, 0.4) is 0 Å². The molecule has 1 saturated heterocycles. The third-order valence-electron chi connectivity index (χ3n) is 5.53. The first-order valence-electron chi connectivity index (χ1n) is 9.67. The Kier molecular flexibility index (Phi) is 6.45. The Hall–Kier alpha value is -1.88. The number of likely N-dealkylation sites (tertiary alicyclic amines) is 1. The smallest absolute Gasteiger partial charge is 0.321 e. The molecular formula is C20H30N3O2+. The number of imide groups is 1. The summed E-state index contributed by atoms with van der Waals surface area (Å²) in [5.74, 6) is 0.548. The summed E-state index contributed by atoms with van der Waals surface area (Å²) in [6.45, 7) is 2.42. The quantitative estimate of drug-likeness (QED) is 0.754.